The molecule has 1 aromatic rings. The highest BCUT2D eigenvalue weighted by Gasteiger charge is 2.91. The number of anilines is 1. The van der Waals surface area contributed by atoms with E-state index in [1.807, 2.05) is 6.92 Å². The Balaban J connectivity index is 1.23. The lowest BCUT2D eigenvalue weighted by Gasteiger charge is -2.70. The molecule has 0 aromatic heterocycles. The van der Waals surface area contributed by atoms with E-state index in [4.69, 9.17) is 23.7 Å². The van der Waals surface area contributed by atoms with Crippen LogP contribution < -0.4 is 4.90 Å². The van der Waals surface area contributed by atoms with Gasteiger partial charge in [0, 0.05) is 82.1 Å². The van der Waals surface area contributed by atoms with Crippen molar-refractivity contribution in [2.45, 2.75) is 94.5 Å². The SMILES string of the molecule is CCN1C[C@]2(COC(=O)c3ccccc3N3C(=O)C[C@H](C)C3=O)CCC(OC)[C@@]34[C@@H]5C[C@H]6[C@H](OC)[C@@H]5[C@](O)(C[C@@H]6OC(C)=O)[C@](O)([C@@H](OC)[C@H]23)[C@@H]14. The normalized spacial score (nSPS) is 46.4. The van der Waals surface area contributed by atoms with Crippen molar-refractivity contribution in [2.24, 2.45) is 40.4 Å². The predicted molar refractivity (Wildman–Crippen MR) is 179 cm³/mol. The Bertz CT molecular complexity index is 1650. The number of imide groups is 1. The van der Waals surface area contributed by atoms with Gasteiger partial charge >= 0.3 is 11.9 Å². The molecule has 5 saturated carbocycles. The first-order valence-electron chi connectivity index (χ1n) is 18.4. The van der Waals surface area contributed by atoms with E-state index in [9.17, 15) is 29.4 Å². The number of nitrogens with zero attached hydrogens (tertiary/aromatic N) is 2. The van der Waals surface area contributed by atoms with Gasteiger partial charge in [-0.1, -0.05) is 26.0 Å². The Kier molecular flexibility index (Phi) is 8.11. The third kappa shape index (κ3) is 4.19. The van der Waals surface area contributed by atoms with Gasteiger partial charge in [-0.3, -0.25) is 19.3 Å². The fourth-order valence-corrected chi connectivity index (χ4v) is 13.2. The number of benzene rings is 1. The van der Waals surface area contributed by atoms with Crippen molar-refractivity contribution in [1.82, 2.24) is 4.90 Å². The highest BCUT2D eigenvalue weighted by Crippen LogP contribution is 2.80. The minimum atomic E-state index is -1.82. The Morgan fingerprint density at radius 3 is 2.43 bits per heavy atom. The molecule has 14 atom stereocenters. The van der Waals surface area contributed by atoms with Gasteiger partial charge in [0.25, 0.3) is 0 Å². The van der Waals surface area contributed by atoms with Crippen LogP contribution >= 0.6 is 0 Å². The van der Waals surface area contributed by atoms with Crippen molar-refractivity contribution in [3.05, 3.63) is 29.8 Å². The van der Waals surface area contributed by atoms with E-state index in [0.29, 0.717) is 32.4 Å². The monoisotopic (exact) mass is 710 g/mol. The number of carbonyl (C=O) groups excluding carboxylic acids is 4. The fourth-order valence-electron chi connectivity index (χ4n) is 13.2. The van der Waals surface area contributed by atoms with Gasteiger partial charge in [0.15, 0.2) is 0 Å². The van der Waals surface area contributed by atoms with Crippen LogP contribution in [0.2, 0.25) is 0 Å². The average Bonchev–Trinajstić information content (AvgIpc) is 3.64. The number of esters is 2. The van der Waals surface area contributed by atoms with Crippen LogP contribution in [0.15, 0.2) is 24.3 Å². The fraction of sp³-hybridized carbons (Fsp3) is 0.737. The molecule has 1 unspecified atom stereocenters. The summed E-state index contributed by atoms with van der Waals surface area (Å²) in [7, 11) is 4.88. The number of ether oxygens (including phenoxy) is 5. The number of carbonyl (C=O) groups is 4. The summed E-state index contributed by atoms with van der Waals surface area (Å²) in [6.45, 7) is 6.10. The van der Waals surface area contributed by atoms with Gasteiger partial charge < -0.3 is 33.9 Å². The number of para-hydroxylation sites is 1. The molecule has 278 valence electrons. The van der Waals surface area contributed by atoms with E-state index in [1.165, 1.54) is 6.92 Å². The second-order valence-electron chi connectivity index (χ2n) is 16.3. The molecule has 7 bridgehead atoms. The van der Waals surface area contributed by atoms with E-state index in [1.54, 1.807) is 52.5 Å². The number of fused-ring (bicyclic) bond motifs is 2. The highest BCUT2D eigenvalue weighted by molar-refractivity contribution is 6.22. The number of likely N-dealkylation sites (N-methyl/N-ethyl adjacent to an activating group) is 1. The van der Waals surface area contributed by atoms with Crippen LogP contribution in [0, 0.1) is 40.4 Å². The molecule has 7 fully saturated rings. The third-order valence-corrected chi connectivity index (χ3v) is 14.5. The number of methoxy groups -OCH3 is 3. The molecule has 7 aliphatic rings. The molecule has 13 heteroatoms. The van der Waals surface area contributed by atoms with Crippen molar-refractivity contribution < 1.29 is 53.1 Å². The molecule has 2 saturated heterocycles. The minimum absolute atomic E-state index is 0.0104. The predicted octanol–water partition coefficient (Wildman–Crippen LogP) is 1.95. The molecule has 8 rings (SSSR count). The van der Waals surface area contributed by atoms with Crippen molar-refractivity contribution >= 4 is 29.4 Å². The topological polar surface area (TPSA) is 161 Å². The number of rotatable bonds is 9. The summed E-state index contributed by atoms with van der Waals surface area (Å²) in [6, 6.07) is 5.96. The van der Waals surface area contributed by atoms with Crippen molar-refractivity contribution in [3.63, 3.8) is 0 Å². The zero-order chi connectivity index (χ0) is 36.4. The first kappa shape index (κ1) is 35.1. The molecule has 13 nitrogen and oxygen atoms in total. The van der Waals surface area contributed by atoms with E-state index in [-0.39, 0.29) is 66.4 Å². The van der Waals surface area contributed by atoms with Crippen LogP contribution in [-0.4, -0.2) is 122 Å². The summed E-state index contributed by atoms with van der Waals surface area (Å²) in [5.41, 5.74) is -4.67. The molecule has 0 radical (unpaired) electrons. The second kappa shape index (κ2) is 11.8. The second-order valence-corrected chi connectivity index (χ2v) is 16.3. The van der Waals surface area contributed by atoms with Crippen LogP contribution in [0.3, 0.4) is 0 Å². The summed E-state index contributed by atoms with van der Waals surface area (Å²) < 4.78 is 31.1. The van der Waals surface area contributed by atoms with Gasteiger partial charge in [0.2, 0.25) is 11.8 Å². The lowest BCUT2D eigenvalue weighted by Crippen LogP contribution is -2.82. The average molecular weight is 711 g/mol. The highest BCUT2D eigenvalue weighted by atomic mass is 16.6. The van der Waals surface area contributed by atoms with Crippen LogP contribution in [0.1, 0.15) is 63.2 Å². The standard InChI is InChI=1S/C38H50N2O11/c1-7-39-17-35(18-50-33(44)21-10-8-9-11-24(21)40-27(42)14-19(2)32(40)43)13-12-26(47-4)37-23-15-22-25(51-20(3)41)16-36(45,28(23)29(22)48-5)38(46,34(37)39)31(49-6)30(35)37/h8-11,19,22-23,25-26,28-31,34,45-46H,7,12-18H2,1-6H3/t19-,22+,23+,25-,26?,28+,29-,30+,31-,34-,35-,36+,37-,38-/m0/s1. The van der Waals surface area contributed by atoms with Gasteiger partial charge in [-0.25, -0.2) is 9.69 Å². The van der Waals surface area contributed by atoms with Crippen LogP contribution in [-0.2, 0) is 38.1 Å². The van der Waals surface area contributed by atoms with E-state index in [0.717, 1.165) is 4.90 Å². The van der Waals surface area contributed by atoms with Crippen LogP contribution in [0.4, 0.5) is 5.69 Å². The summed E-state index contributed by atoms with van der Waals surface area (Å²) >= 11 is 0. The van der Waals surface area contributed by atoms with Crippen molar-refractivity contribution in [3.8, 4) is 0 Å². The smallest absolute Gasteiger partial charge is 0.340 e. The number of piperidine rings is 1. The molecule has 2 amide bonds. The lowest BCUT2D eigenvalue weighted by atomic mass is 9.42. The summed E-state index contributed by atoms with van der Waals surface area (Å²) in [5, 5.41) is 26.7. The maximum atomic E-state index is 14.1. The maximum Gasteiger partial charge on any atom is 0.340 e. The first-order valence-corrected chi connectivity index (χ1v) is 18.4. The molecule has 5 aliphatic carbocycles. The third-order valence-electron chi connectivity index (χ3n) is 14.5. The van der Waals surface area contributed by atoms with Gasteiger partial charge in [-0.05, 0) is 43.9 Å². The Morgan fingerprint density at radius 1 is 1.06 bits per heavy atom. The van der Waals surface area contributed by atoms with Gasteiger partial charge in [-0.15, -0.1) is 0 Å². The van der Waals surface area contributed by atoms with Crippen molar-refractivity contribution in [1.29, 1.82) is 0 Å². The van der Waals surface area contributed by atoms with Gasteiger partial charge in [0.05, 0.1) is 42.2 Å². The molecule has 2 heterocycles. The zero-order valence-corrected chi connectivity index (χ0v) is 30.2. The summed E-state index contributed by atoms with van der Waals surface area (Å²) in [5.74, 6) is -3.55. The summed E-state index contributed by atoms with van der Waals surface area (Å²) in [6.07, 6.45) is -0.365. The molecular formula is C38H50N2O11. The Labute approximate surface area is 297 Å². The Morgan fingerprint density at radius 2 is 1.80 bits per heavy atom. The Hall–Kier alpha value is -2.94. The van der Waals surface area contributed by atoms with E-state index >= 15 is 0 Å². The lowest BCUT2D eigenvalue weighted by molar-refractivity contribution is -0.319. The maximum absolute atomic E-state index is 14.1. The van der Waals surface area contributed by atoms with Crippen LogP contribution in [0.5, 0.6) is 0 Å². The molecule has 1 aromatic carbocycles. The van der Waals surface area contributed by atoms with E-state index < -0.39 is 70.2 Å². The molecule has 1 spiro atoms. The van der Waals surface area contributed by atoms with Gasteiger partial charge in [0.1, 0.15) is 17.3 Å². The number of hydrogen-bond acceptors (Lipinski definition) is 12. The molecular weight excluding hydrogens is 660 g/mol. The van der Waals surface area contributed by atoms with Crippen LogP contribution in [0.25, 0.3) is 0 Å². The largest absolute Gasteiger partial charge is 0.462 e. The molecule has 51 heavy (non-hydrogen) atoms. The quantitative estimate of drug-likeness (QED) is 0.284. The minimum Gasteiger partial charge on any atom is -0.462 e. The summed E-state index contributed by atoms with van der Waals surface area (Å²) in [4.78, 5) is 55.6. The molecule has 2 N–H and O–H groups in total. The number of amides is 2. The number of aliphatic hydroxyl groups is 2. The van der Waals surface area contributed by atoms with Crippen molar-refractivity contribution in [2.75, 3.05) is 45.9 Å². The number of likely N-dealkylation sites (tertiary alicyclic amines) is 1. The molecule has 2 aliphatic heterocycles. The number of hydrogen-bond donors (Lipinski definition) is 2. The van der Waals surface area contributed by atoms with Gasteiger partial charge in [-0.2, -0.15) is 0 Å². The first-order chi connectivity index (χ1) is 24.3. The zero-order valence-electron chi connectivity index (χ0n) is 30.2. The van der Waals surface area contributed by atoms with E-state index in [2.05, 4.69) is 4.90 Å².